The highest BCUT2D eigenvalue weighted by atomic mass is 16.5. The molecule has 0 bridgehead atoms. The number of unbranched alkanes of at least 4 members (excludes halogenated alkanes) is 1. The molecule has 122 valence electrons. The Morgan fingerprint density at radius 3 is 2.54 bits per heavy atom. The van der Waals surface area contributed by atoms with E-state index in [2.05, 4.69) is 0 Å². The minimum absolute atomic E-state index is 0.267. The normalized spacial score (nSPS) is 10.3. The van der Waals surface area contributed by atoms with Crippen molar-refractivity contribution in [3.8, 4) is 11.8 Å². The number of benzene rings is 2. The van der Waals surface area contributed by atoms with Gasteiger partial charge in [-0.05, 0) is 35.8 Å². The fourth-order valence-corrected chi connectivity index (χ4v) is 1.95. The standard InChI is InChI=1S/C20H19NO3/c21-14-4-5-15-23-20(22)13-10-17-8-11-19(12-9-17)24-16-18-6-2-1-3-7-18/h1-3,6-13H,4-5,15-16H2/b13-10+. The third-order valence-corrected chi connectivity index (χ3v) is 3.22. The molecule has 0 heterocycles. The summed E-state index contributed by atoms with van der Waals surface area (Å²) in [5.74, 6) is 0.368. The molecule has 0 aromatic heterocycles. The number of rotatable bonds is 8. The van der Waals surface area contributed by atoms with E-state index in [9.17, 15) is 4.79 Å². The SMILES string of the molecule is N#CCCCOC(=O)/C=C/c1ccc(OCc2ccccc2)cc1. The molecule has 0 unspecified atom stereocenters. The first-order chi connectivity index (χ1) is 11.8. The number of ether oxygens (including phenoxy) is 2. The van der Waals surface area contributed by atoms with E-state index in [1.165, 1.54) is 6.08 Å². The molecule has 0 N–H and O–H groups in total. The predicted molar refractivity (Wildman–Crippen MR) is 92.1 cm³/mol. The summed E-state index contributed by atoms with van der Waals surface area (Å²) in [4.78, 5) is 11.5. The van der Waals surface area contributed by atoms with Crippen LogP contribution in [0, 0.1) is 11.3 Å². The molecule has 0 amide bonds. The van der Waals surface area contributed by atoms with Crippen LogP contribution in [-0.2, 0) is 16.1 Å². The zero-order chi connectivity index (χ0) is 17.0. The lowest BCUT2D eigenvalue weighted by Crippen LogP contribution is -2.01. The van der Waals surface area contributed by atoms with Crippen LogP contribution in [0.1, 0.15) is 24.0 Å². The average Bonchev–Trinajstić information content (AvgIpc) is 2.63. The second-order valence-electron chi connectivity index (χ2n) is 5.11. The Morgan fingerprint density at radius 1 is 1.08 bits per heavy atom. The predicted octanol–water partition coefficient (Wildman–Crippen LogP) is 4.13. The molecule has 24 heavy (non-hydrogen) atoms. The fourth-order valence-electron chi connectivity index (χ4n) is 1.95. The van der Waals surface area contributed by atoms with Gasteiger partial charge < -0.3 is 9.47 Å². The summed E-state index contributed by atoms with van der Waals surface area (Å²) < 4.78 is 10.7. The molecule has 0 aliphatic carbocycles. The Hall–Kier alpha value is -3.06. The van der Waals surface area contributed by atoms with Gasteiger partial charge in [0.25, 0.3) is 0 Å². The lowest BCUT2D eigenvalue weighted by Gasteiger charge is -2.06. The molecular weight excluding hydrogens is 302 g/mol. The van der Waals surface area contributed by atoms with E-state index < -0.39 is 5.97 Å². The number of nitriles is 1. The maximum atomic E-state index is 11.5. The molecule has 2 rings (SSSR count). The summed E-state index contributed by atoms with van der Waals surface area (Å²) in [6.07, 6.45) is 4.02. The van der Waals surface area contributed by atoms with Crippen molar-refractivity contribution < 1.29 is 14.3 Å². The minimum atomic E-state index is -0.405. The molecule has 4 heteroatoms. The van der Waals surface area contributed by atoms with E-state index in [1.807, 2.05) is 60.7 Å². The summed E-state index contributed by atoms with van der Waals surface area (Å²) in [6.45, 7) is 0.786. The number of esters is 1. The molecule has 0 fully saturated rings. The van der Waals surface area contributed by atoms with Crippen molar-refractivity contribution in [2.75, 3.05) is 6.61 Å². The molecule has 0 saturated carbocycles. The third kappa shape index (κ3) is 6.37. The first-order valence-electron chi connectivity index (χ1n) is 7.76. The third-order valence-electron chi connectivity index (χ3n) is 3.22. The molecule has 0 spiro atoms. The molecule has 4 nitrogen and oxygen atoms in total. The quantitative estimate of drug-likeness (QED) is 0.417. The van der Waals surface area contributed by atoms with Crippen LogP contribution in [-0.4, -0.2) is 12.6 Å². The smallest absolute Gasteiger partial charge is 0.330 e. The van der Waals surface area contributed by atoms with Crippen LogP contribution in [0.4, 0.5) is 0 Å². The van der Waals surface area contributed by atoms with Gasteiger partial charge >= 0.3 is 5.97 Å². The highest BCUT2D eigenvalue weighted by Crippen LogP contribution is 2.15. The monoisotopic (exact) mass is 321 g/mol. The van der Waals surface area contributed by atoms with Crippen molar-refractivity contribution in [3.05, 3.63) is 71.8 Å². The lowest BCUT2D eigenvalue weighted by molar-refractivity contribution is -0.137. The highest BCUT2D eigenvalue weighted by molar-refractivity contribution is 5.87. The van der Waals surface area contributed by atoms with Gasteiger partial charge in [-0.3, -0.25) is 0 Å². The highest BCUT2D eigenvalue weighted by Gasteiger charge is 1.98. The van der Waals surface area contributed by atoms with E-state index in [-0.39, 0.29) is 6.61 Å². The van der Waals surface area contributed by atoms with Crippen LogP contribution < -0.4 is 4.74 Å². The van der Waals surface area contributed by atoms with Gasteiger partial charge in [-0.25, -0.2) is 4.79 Å². The van der Waals surface area contributed by atoms with Gasteiger partial charge in [0.2, 0.25) is 0 Å². The van der Waals surface area contributed by atoms with Crippen molar-refractivity contribution in [2.24, 2.45) is 0 Å². The second-order valence-corrected chi connectivity index (χ2v) is 5.11. The maximum Gasteiger partial charge on any atom is 0.330 e. The molecule has 0 aliphatic heterocycles. The topological polar surface area (TPSA) is 59.3 Å². The summed E-state index contributed by atoms with van der Waals surface area (Å²) in [5.41, 5.74) is 2.00. The first-order valence-corrected chi connectivity index (χ1v) is 7.76. The Balaban J connectivity index is 1.78. The molecule has 2 aromatic rings. The molecule has 0 radical (unpaired) electrons. The fraction of sp³-hybridized carbons (Fsp3) is 0.200. The van der Waals surface area contributed by atoms with Crippen molar-refractivity contribution in [1.82, 2.24) is 0 Å². The van der Waals surface area contributed by atoms with Crippen LogP contribution in [0.15, 0.2) is 60.7 Å². The Kier molecular flexibility index (Phi) is 7.10. The number of hydrogen-bond donors (Lipinski definition) is 0. The van der Waals surface area contributed by atoms with Gasteiger partial charge in [-0.1, -0.05) is 42.5 Å². The van der Waals surface area contributed by atoms with E-state index in [0.29, 0.717) is 19.4 Å². The summed E-state index contributed by atoms with van der Waals surface area (Å²) >= 11 is 0. The van der Waals surface area contributed by atoms with Crippen molar-refractivity contribution in [1.29, 1.82) is 5.26 Å². The van der Waals surface area contributed by atoms with Gasteiger partial charge in [0, 0.05) is 12.5 Å². The number of carbonyl (C=O) groups is 1. The number of nitrogens with zero attached hydrogens (tertiary/aromatic N) is 1. The van der Waals surface area contributed by atoms with Crippen molar-refractivity contribution in [2.45, 2.75) is 19.4 Å². The number of carbonyl (C=O) groups excluding carboxylic acids is 1. The molecule has 0 atom stereocenters. The Morgan fingerprint density at radius 2 is 1.83 bits per heavy atom. The first kappa shape index (κ1) is 17.3. The Labute approximate surface area is 141 Å². The van der Waals surface area contributed by atoms with Crippen LogP contribution >= 0.6 is 0 Å². The van der Waals surface area contributed by atoms with Crippen LogP contribution in [0.5, 0.6) is 5.75 Å². The van der Waals surface area contributed by atoms with E-state index in [4.69, 9.17) is 14.7 Å². The lowest BCUT2D eigenvalue weighted by atomic mass is 10.2. The minimum Gasteiger partial charge on any atom is -0.489 e. The van der Waals surface area contributed by atoms with Gasteiger partial charge in [0.05, 0.1) is 12.7 Å². The summed E-state index contributed by atoms with van der Waals surface area (Å²) in [6, 6.07) is 19.4. The van der Waals surface area contributed by atoms with E-state index in [0.717, 1.165) is 16.9 Å². The zero-order valence-corrected chi connectivity index (χ0v) is 13.4. The number of hydrogen-bond acceptors (Lipinski definition) is 4. The second kappa shape index (κ2) is 9.86. The van der Waals surface area contributed by atoms with E-state index in [1.54, 1.807) is 6.08 Å². The van der Waals surface area contributed by atoms with Gasteiger partial charge in [-0.2, -0.15) is 5.26 Å². The molecule has 0 aliphatic rings. The van der Waals surface area contributed by atoms with Gasteiger partial charge in [-0.15, -0.1) is 0 Å². The van der Waals surface area contributed by atoms with Gasteiger partial charge in [0.15, 0.2) is 0 Å². The maximum absolute atomic E-state index is 11.5. The van der Waals surface area contributed by atoms with Crippen LogP contribution in [0.25, 0.3) is 6.08 Å². The van der Waals surface area contributed by atoms with Gasteiger partial charge in [0.1, 0.15) is 12.4 Å². The largest absolute Gasteiger partial charge is 0.489 e. The van der Waals surface area contributed by atoms with Crippen molar-refractivity contribution >= 4 is 12.0 Å². The molecule has 2 aromatic carbocycles. The summed E-state index contributed by atoms with van der Waals surface area (Å²) in [5, 5.41) is 8.39. The average molecular weight is 321 g/mol. The van der Waals surface area contributed by atoms with E-state index >= 15 is 0 Å². The summed E-state index contributed by atoms with van der Waals surface area (Å²) in [7, 11) is 0. The zero-order valence-electron chi connectivity index (χ0n) is 13.4. The molecular formula is C20H19NO3. The van der Waals surface area contributed by atoms with Crippen LogP contribution in [0.3, 0.4) is 0 Å². The Bertz CT molecular complexity index is 700. The van der Waals surface area contributed by atoms with Crippen LogP contribution in [0.2, 0.25) is 0 Å². The molecule has 0 saturated heterocycles. The van der Waals surface area contributed by atoms with Crippen molar-refractivity contribution in [3.63, 3.8) is 0 Å².